The fraction of sp³-hybridized carbons (Fsp3) is 0.0455. The molecule has 0 aliphatic heterocycles. The summed E-state index contributed by atoms with van der Waals surface area (Å²) in [6.07, 6.45) is 0. The first kappa shape index (κ1) is 15.5. The van der Waals surface area contributed by atoms with Crippen LogP contribution in [0, 0.1) is 0 Å². The summed E-state index contributed by atoms with van der Waals surface area (Å²) in [5.74, 6) is -0.178. The van der Waals surface area contributed by atoms with Gasteiger partial charge in [0.25, 0.3) is 5.91 Å². The van der Waals surface area contributed by atoms with Crippen LogP contribution in [0.2, 0.25) is 0 Å². The van der Waals surface area contributed by atoms with Crippen LogP contribution in [0.5, 0.6) is 0 Å². The number of anilines is 1. The van der Waals surface area contributed by atoms with Gasteiger partial charge in [-0.1, -0.05) is 30.3 Å². The molecule has 0 fully saturated rings. The van der Waals surface area contributed by atoms with E-state index in [1.54, 1.807) is 43.4 Å². The minimum atomic E-state index is -0.510. The Morgan fingerprint density at radius 3 is 2.52 bits per heavy atom. The van der Waals surface area contributed by atoms with Crippen LogP contribution >= 0.6 is 0 Å². The van der Waals surface area contributed by atoms with E-state index < -0.39 is 5.63 Å². The van der Waals surface area contributed by atoms with Gasteiger partial charge < -0.3 is 9.32 Å². The topological polar surface area (TPSA) is 63.4 Å². The van der Waals surface area contributed by atoms with Crippen LogP contribution in [-0.2, 0) is 0 Å². The predicted molar refractivity (Wildman–Crippen MR) is 105 cm³/mol. The molecule has 0 radical (unpaired) electrons. The molecule has 0 unspecified atom stereocenters. The van der Waals surface area contributed by atoms with Crippen LogP contribution in [0.25, 0.3) is 22.4 Å². The molecule has 1 heterocycles. The lowest BCUT2D eigenvalue weighted by Crippen LogP contribution is -2.26. The van der Waals surface area contributed by atoms with E-state index in [9.17, 15) is 9.59 Å². The van der Waals surface area contributed by atoms with E-state index in [1.807, 2.05) is 30.3 Å². The van der Waals surface area contributed by atoms with E-state index in [0.717, 1.165) is 5.69 Å². The number of aromatic nitrogens is 1. The zero-order valence-electron chi connectivity index (χ0n) is 15.5. The molecule has 3 aromatic carbocycles. The van der Waals surface area contributed by atoms with Crippen LogP contribution in [0.15, 0.2) is 88.1 Å². The Morgan fingerprint density at radius 2 is 1.74 bits per heavy atom. The molecule has 0 aliphatic rings. The van der Waals surface area contributed by atoms with Crippen molar-refractivity contribution in [2.75, 3.05) is 11.9 Å². The maximum atomic E-state index is 12.7. The monoisotopic (exact) mass is 357 g/mol. The number of para-hydroxylation sites is 2. The number of fused-ring (bicyclic) bond motifs is 1. The summed E-state index contributed by atoms with van der Waals surface area (Å²) in [5, 5.41) is 0.383. The first-order valence-electron chi connectivity index (χ1n) is 8.88. The van der Waals surface area contributed by atoms with Crippen molar-refractivity contribution in [3.05, 3.63) is 94.8 Å². The van der Waals surface area contributed by atoms with Gasteiger partial charge >= 0.3 is 5.63 Å². The number of benzene rings is 3. The molecule has 0 spiro atoms. The highest BCUT2D eigenvalue weighted by Gasteiger charge is 2.14. The molecule has 1 aromatic heterocycles. The summed E-state index contributed by atoms with van der Waals surface area (Å²) in [5.41, 5.74) is 1.45. The Bertz CT molecular complexity index is 1240. The molecule has 0 saturated carbocycles. The van der Waals surface area contributed by atoms with Gasteiger partial charge in [0.2, 0.25) is 5.89 Å². The Balaban J connectivity index is 1.71. The average Bonchev–Trinajstić information content (AvgIpc) is 2.73. The number of carbonyl (C=O) groups excluding carboxylic acids is 1. The molecular weight excluding hydrogens is 340 g/mol. The van der Waals surface area contributed by atoms with Crippen LogP contribution in [0.1, 0.15) is 11.7 Å². The molecule has 0 atom stereocenters. The van der Waals surface area contributed by atoms with Gasteiger partial charge in [0.05, 0.1) is 12.3 Å². The van der Waals surface area contributed by atoms with E-state index in [-0.39, 0.29) is 17.8 Å². The molecule has 5 nitrogen and oxygen atoms in total. The number of hydrogen-bond acceptors (Lipinski definition) is 4. The highest BCUT2D eigenvalue weighted by atomic mass is 16.4. The Labute approximate surface area is 156 Å². The molecule has 5 heteroatoms. The average molecular weight is 357 g/mol. The Hall–Kier alpha value is -3.73. The molecule has 0 N–H and O–H groups in total. The SMILES string of the molecule is [2H]c1cc(C(=O)N(C)c2ccccc2)ccc1-c1nc2ccccc2c(=O)o1. The number of hydrogen-bond donors (Lipinski definition) is 0. The minimum absolute atomic E-state index is 0.0539. The van der Waals surface area contributed by atoms with Gasteiger partial charge in [-0.05, 0) is 48.5 Å². The third kappa shape index (κ3) is 3.22. The van der Waals surface area contributed by atoms with Gasteiger partial charge in [-0.25, -0.2) is 9.78 Å². The van der Waals surface area contributed by atoms with E-state index in [2.05, 4.69) is 4.98 Å². The number of amides is 1. The molecule has 27 heavy (non-hydrogen) atoms. The summed E-state index contributed by atoms with van der Waals surface area (Å²) >= 11 is 0. The first-order valence-corrected chi connectivity index (χ1v) is 8.38. The maximum absolute atomic E-state index is 12.7. The van der Waals surface area contributed by atoms with Crippen LogP contribution in [0.3, 0.4) is 0 Å². The lowest BCUT2D eigenvalue weighted by atomic mass is 10.1. The van der Waals surface area contributed by atoms with Crippen molar-refractivity contribution in [1.82, 2.24) is 4.98 Å². The summed E-state index contributed by atoms with van der Waals surface area (Å²) in [7, 11) is 1.68. The molecule has 1 amide bonds. The third-order valence-electron chi connectivity index (χ3n) is 4.27. The lowest BCUT2D eigenvalue weighted by molar-refractivity contribution is 0.0993. The number of carbonyl (C=O) groups is 1. The van der Waals surface area contributed by atoms with Gasteiger partial charge in [-0.2, -0.15) is 0 Å². The van der Waals surface area contributed by atoms with Gasteiger partial charge in [0.15, 0.2) is 0 Å². The molecule has 4 aromatic rings. The molecular formula is C22H16N2O3. The van der Waals surface area contributed by atoms with Crippen molar-refractivity contribution in [2.45, 2.75) is 0 Å². The zero-order chi connectivity index (χ0) is 19.7. The van der Waals surface area contributed by atoms with Gasteiger partial charge in [-0.15, -0.1) is 0 Å². The quantitative estimate of drug-likeness (QED) is 0.553. The lowest BCUT2D eigenvalue weighted by Gasteiger charge is -2.17. The molecule has 0 bridgehead atoms. The summed E-state index contributed by atoms with van der Waals surface area (Å²) < 4.78 is 13.6. The van der Waals surface area contributed by atoms with E-state index in [0.29, 0.717) is 22.0 Å². The van der Waals surface area contributed by atoms with Crippen molar-refractivity contribution in [3.63, 3.8) is 0 Å². The van der Waals surface area contributed by atoms with Crippen molar-refractivity contribution in [1.29, 1.82) is 0 Å². The zero-order valence-corrected chi connectivity index (χ0v) is 14.5. The van der Waals surface area contributed by atoms with Crippen molar-refractivity contribution < 1.29 is 10.6 Å². The van der Waals surface area contributed by atoms with Crippen LogP contribution in [0.4, 0.5) is 5.69 Å². The summed E-state index contributed by atoms with van der Waals surface area (Å²) in [4.78, 5) is 30.8. The molecule has 4 rings (SSSR count). The number of rotatable bonds is 3. The smallest absolute Gasteiger partial charge is 0.347 e. The normalized spacial score (nSPS) is 11.2. The van der Waals surface area contributed by atoms with Gasteiger partial charge in [-0.3, -0.25) is 4.79 Å². The Morgan fingerprint density at radius 1 is 1.00 bits per heavy atom. The molecule has 132 valence electrons. The third-order valence-corrected chi connectivity index (χ3v) is 4.27. The fourth-order valence-corrected chi connectivity index (χ4v) is 2.79. The second-order valence-corrected chi connectivity index (χ2v) is 6.01. The highest BCUT2D eigenvalue weighted by molar-refractivity contribution is 6.05. The molecule has 0 aliphatic carbocycles. The van der Waals surface area contributed by atoms with Crippen LogP contribution < -0.4 is 10.5 Å². The molecule has 0 saturated heterocycles. The van der Waals surface area contributed by atoms with Gasteiger partial charge in [0, 0.05) is 23.9 Å². The summed E-state index contributed by atoms with van der Waals surface area (Å²) in [6.45, 7) is 0. The van der Waals surface area contributed by atoms with E-state index >= 15 is 0 Å². The second-order valence-electron chi connectivity index (χ2n) is 6.01. The largest absolute Gasteiger partial charge is 0.403 e. The van der Waals surface area contributed by atoms with Crippen molar-refractivity contribution >= 4 is 22.5 Å². The second kappa shape index (κ2) is 6.88. The maximum Gasteiger partial charge on any atom is 0.347 e. The Kier molecular flexibility index (Phi) is 3.95. The van der Waals surface area contributed by atoms with Crippen LogP contribution in [-0.4, -0.2) is 17.9 Å². The highest BCUT2D eigenvalue weighted by Crippen LogP contribution is 2.21. The van der Waals surface area contributed by atoms with E-state index in [4.69, 9.17) is 5.79 Å². The minimum Gasteiger partial charge on any atom is -0.403 e. The summed E-state index contributed by atoms with van der Waals surface area (Å²) in [6, 6.07) is 20.8. The standard InChI is InChI=1S/C22H16N2O3/c1-24(17-7-3-2-4-8-17)21(25)16-13-11-15(12-14-16)20-23-19-10-6-5-9-18(19)22(26)27-20/h2-14H,1H3/i11D. The van der Waals surface area contributed by atoms with Crippen molar-refractivity contribution in [3.8, 4) is 11.5 Å². The predicted octanol–water partition coefficient (Wildman–Crippen LogP) is 4.13. The number of nitrogens with zero attached hydrogens (tertiary/aromatic N) is 2. The van der Waals surface area contributed by atoms with E-state index in [1.165, 1.54) is 11.0 Å². The van der Waals surface area contributed by atoms with Gasteiger partial charge in [0.1, 0.15) is 0 Å². The first-order chi connectivity index (χ1) is 13.5. The van der Waals surface area contributed by atoms with Crippen molar-refractivity contribution in [2.24, 2.45) is 0 Å². The fourth-order valence-electron chi connectivity index (χ4n) is 2.79.